The van der Waals surface area contributed by atoms with Crippen LogP contribution in [0.5, 0.6) is 0 Å². The molecule has 0 unspecified atom stereocenters. The average Bonchev–Trinajstić information content (AvgIpc) is 2.88. The summed E-state index contributed by atoms with van der Waals surface area (Å²) < 4.78 is 33.8. The van der Waals surface area contributed by atoms with Crippen LogP contribution < -0.4 is 9.80 Å². The van der Waals surface area contributed by atoms with Crippen LogP contribution in [0.25, 0.3) is 0 Å². The lowest BCUT2D eigenvalue weighted by atomic mass is 10.0. The summed E-state index contributed by atoms with van der Waals surface area (Å²) in [5, 5.41) is 0. The van der Waals surface area contributed by atoms with Crippen molar-refractivity contribution in [3.63, 3.8) is 0 Å². The number of sulfonamides is 1. The third-order valence-corrected chi connectivity index (χ3v) is 8.60. The zero-order valence-corrected chi connectivity index (χ0v) is 19.6. The Morgan fingerprint density at radius 3 is 2.48 bits per heavy atom. The third kappa shape index (κ3) is 4.37. The first kappa shape index (κ1) is 22.3. The number of carbonyl (C=O) groups excluding carboxylic acids is 1. The molecule has 5 rings (SSSR count). The number of amides is 1. The van der Waals surface area contributed by atoms with Gasteiger partial charge in [0.1, 0.15) is 0 Å². The van der Waals surface area contributed by atoms with Crippen LogP contribution in [0, 0.1) is 0 Å². The number of benzene rings is 1. The smallest absolute Gasteiger partial charge is 0.260 e. The molecular weight excluding hydrogens is 440 g/mol. The highest BCUT2D eigenvalue weighted by molar-refractivity contribution is 7.89. The van der Waals surface area contributed by atoms with Crippen LogP contribution in [-0.4, -0.2) is 69.6 Å². The molecule has 0 aliphatic carbocycles. The minimum Gasteiger partial charge on any atom is -0.378 e. The molecule has 9 heteroatoms. The zero-order chi connectivity index (χ0) is 22.8. The molecule has 0 N–H and O–H groups in total. The molecule has 4 heterocycles. The van der Waals surface area contributed by atoms with Gasteiger partial charge in [0, 0.05) is 44.6 Å². The normalized spacial score (nSPS) is 19.9. The Labute approximate surface area is 195 Å². The van der Waals surface area contributed by atoms with Crippen LogP contribution in [0.4, 0.5) is 11.4 Å². The molecule has 0 atom stereocenters. The number of hydrogen-bond acceptors (Lipinski definition) is 6. The van der Waals surface area contributed by atoms with E-state index in [-0.39, 0.29) is 10.8 Å². The van der Waals surface area contributed by atoms with Gasteiger partial charge < -0.3 is 14.5 Å². The second-order valence-electron chi connectivity index (χ2n) is 8.77. The van der Waals surface area contributed by atoms with Crippen molar-refractivity contribution in [3.8, 4) is 0 Å². The predicted molar refractivity (Wildman–Crippen MR) is 126 cm³/mol. The molecule has 0 bridgehead atoms. The highest BCUT2D eigenvalue weighted by Crippen LogP contribution is 2.32. The van der Waals surface area contributed by atoms with Gasteiger partial charge in [0.25, 0.3) is 5.91 Å². The third-order valence-electron chi connectivity index (χ3n) is 6.70. The van der Waals surface area contributed by atoms with Gasteiger partial charge in [-0.2, -0.15) is 4.31 Å². The number of hydrogen-bond donors (Lipinski definition) is 0. The Morgan fingerprint density at radius 1 is 0.909 bits per heavy atom. The van der Waals surface area contributed by atoms with E-state index >= 15 is 0 Å². The quantitative estimate of drug-likeness (QED) is 0.683. The maximum absolute atomic E-state index is 13.9. The molecule has 176 valence electrons. The Hall–Kier alpha value is -2.49. The fourth-order valence-electron chi connectivity index (χ4n) is 4.93. The lowest BCUT2D eigenvalue weighted by Crippen LogP contribution is -2.40. The molecule has 33 heavy (non-hydrogen) atoms. The first-order valence-corrected chi connectivity index (χ1v) is 13.2. The van der Waals surface area contributed by atoms with Gasteiger partial charge in [0.05, 0.1) is 35.1 Å². The summed E-state index contributed by atoms with van der Waals surface area (Å²) in [4.78, 5) is 22.4. The number of carbonyl (C=O) groups is 1. The summed E-state index contributed by atoms with van der Waals surface area (Å²) in [5.74, 6) is -0.180. The van der Waals surface area contributed by atoms with Gasteiger partial charge in [0.15, 0.2) is 0 Å². The van der Waals surface area contributed by atoms with Crippen LogP contribution >= 0.6 is 0 Å². The summed E-state index contributed by atoms with van der Waals surface area (Å²) in [6.45, 7) is 4.14. The second-order valence-corrected chi connectivity index (χ2v) is 10.7. The second kappa shape index (κ2) is 9.40. The molecule has 2 fully saturated rings. The molecule has 0 saturated carbocycles. The summed E-state index contributed by atoms with van der Waals surface area (Å²) in [6.07, 6.45) is 6.20. The monoisotopic (exact) mass is 470 g/mol. The lowest BCUT2D eigenvalue weighted by molar-refractivity contribution is 0.0983. The number of nitrogens with zero attached hydrogens (tertiary/aromatic N) is 4. The largest absolute Gasteiger partial charge is 0.378 e. The van der Waals surface area contributed by atoms with E-state index in [9.17, 15) is 13.2 Å². The number of morpholine rings is 1. The molecule has 3 aliphatic rings. The van der Waals surface area contributed by atoms with Crippen molar-refractivity contribution in [2.75, 3.05) is 55.7 Å². The topological polar surface area (TPSA) is 83.0 Å². The Morgan fingerprint density at radius 2 is 1.70 bits per heavy atom. The van der Waals surface area contributed by atoms with Crippen LogP contribution in [0.1, 0.15) is 41.7 Å². The first-order valence-electron chi connectivity index (χ1n) is 11.8. The minimum absolute atomic E-state index is 0.180. The molecule has 3 aliphatic heterocycles. The maximum Gasteiger partial charge on any atom is 0.260 e. The molecule has 1 aromatic carbocycles. The fraction of sp³-hybridized carbons (Fsp3) is 0.500. The van der Waals surface area contributed by atoms with E-state index in [0.29, 0.717) is 51.5 Å². The van der Waals surface area contributed by atoms with Crippen molar-refractivity contribution >= 4 is 27.3 Å². The van der Waals surface area contributed by atoms with Crippen molar-refractivity contribution in [3.05, 3.63) is 47.8 Å². The Bertz CT molecular complexity index is 1130. The molecule has 8 nitrogen and oxygen atoms in total. The number of anilines is 2. The molecule has 2 saturated heterocycles. The summed E-state index contributed by atoms with van der Waals surface area (Å²) >= 11 is 0. The van der Waals surface area contributed by atoms with Gasteiger partial charge in [-0.05, 0) is 56.0 Å². The van der Waals surface area contributed by atoms with Gasteiger partial charge in [-0.25, -0.2) is 8.42 Å². The molecule has 0 radical (unpaired) electrons. The van der Waals surface area contributed by atoms with Gasteiger partial charge in [0.2, 0.25) is 10.0 Å². The Kier molecular flexibility index (Phi) is 6.36. The molecular formula is C24H30N4O4S. The van der Waals surface area contributed by atoms with E-state index in [2.05, 4.69) is 9.88 Å². The van der Waals surface area contributed by atoms with Crippen molar-refractivity contribution in [2.45, 2.75) is 37.0 Å². The number of aromatic nitrogens is 1. The maximum atomic E-state index is 13.9. The van der Waals surface area contributed by atoms with Crippen LogP contribution in [0.15, 0.2) is 41.4 Å². The summed E-state index contributed by atoms with van der Waals surface area (Å²) in [7, 11) is -3.65. The van der Waals surface area contributed by atoms with Crippen molar-refractivity contribution in [1.82, 2.24) is 9.29 Å². The summed E-state index contributed by atoms with van der Waals surface area (Å²) in [6, 6.07) is 8.79. The van der Waals surface area contributed by atoms with E-state index in [1.54, 1.807) is 33.6 Å². The Balaban J connectivity index is 1.56. The van der Waals surface area contributed by atoms with Gasteiger partial charge in [-0.3, -0.25) is 9.78 Å². The standard InChI is InChI=1S/C24H30N4O4S/c29-24(28-13-5-6-21-23(28)7-4-10-25-21)20-18-19(33(30,31)27-11-2-1-3-12-27)8-9-22(20)26-14-16-32-17-15-26/h4,7-10,18H,1-3,5-6,11-17H2. The van der Waals surface area contributed by atoms with Crippen molar-refractivity contribution in [1.29, 1.82) is 0 Å². The SMILES string of the molecule is O=C(c1cc(S(=O)(=O)N2CCCCC2)ccc1N1CCOCC1)N1CCCc2ncccc21. The lowest BCUT2D eigenvalue weighted by Gasteiger charge is -2.33. The first-order chi connectivity index (χ1) is 16.1. The highest BCUT2D eigenvalue weighted by atomic mass is 32.2. The average molecular weight is 471 g/mol. The molecule has 1 amide bonds. The van der Waals surface area contributed by atoms with Gasteiger partial charge >= 0.3 is 0 Å². The van der Waals surface area contributed by atoms with E-state index in [1.807, 2.05) is 12.1 Å². The minimum atomic E-state index is -3.65. The van der Waals surface area contributed by atoms with Crippen LogP contribution in [-0.2, 0) is 21.2 Å². The molecule has 2 aromatic rings. The number of piperidine rings is 1. The van der Waals surface area contributed by atoms with E-state index in [1.165, 1.54) is 0 Å². The van der Waals surface area contributed by atoms with Crippen LogP contribution in [0.3, 0.4) is 0 Å². The van der Waals surface area contributed by atoms with Gasteiger partial charge in [-0.15, -0.1) is 0 Å². The van der Waals surface area contributed by atoms with Crippen molar-refractivity contribution < 1.29 is 17.9 Å². The van der Waals surface area contributed by atoms with E-state index in [0.717, 1.165) is 49.2 Å². The number of rotatable bonds is 4. The number of aryl methyl sites for hydroxylation is 1. The molecule has 1 aromatic heterocycles. The molecule has 0 spiro atoms. The summed E-state index contributed by atoms with van der Waals surface area (Å²) in [5.41, 5.74) is 2.90. The van der Waals surface area contributed by atoms with E-state index < -0.39 is 10.0 Å². The zero-order valence-electron chi connectivity index (χ0n) is 18.8. The van der Waals surface area contributed by atoms with Gasteiger partial charge in [-0.1, -0.05) is 6.42 Å². The number of ether oxygens (including phenoxy) is 1. The fourth-order valence-corrected chi connectivity index (χ4v) is 6.47. The van der Waals surface area contributed by atoms with Crippen LogP contribution in [0.2, 0.25) is 0 Å². The number of fused-ring (bicyclic) bond motifs is 1. The number of pyridine rings is 1. The van der Waals surface area contributed by atoms with Crippen molar-refractivity contribution in [2.24, 2.45) is 0 Å². The van der Waals surface area contributed by atoms with E-state index in [4.69, 9.17) is 4.74 Å². The predicted octanol–water partition coefficient (Wildman–Crippen LogP) is 2.69. The highest BCUT2D eigenvalue weighted by Gasteiger charge is 2.31.